The van der Waals surface area contributed by atoms with Gasteiger partial charge in [-0.2, -0.15) is 0 Å². The number of hydrogen-bond donors (Lipinski definition) is 1. The quantitative estimate of drug-likeness (QED) is 0.797. The van der Waals surface area contributed by atoms with Crippen LogP contribution in [0.2, 0.25) is 0 Å². The summed E-state index contributed by atoms with van der Waals surface area (Å²) in [6.45, 7) is 5.71. The molecule has 0 aromatic rings. The lowest BCUT2D eigenvalue weighted by Gasteiger charge is -2.29. The number of likely N-dealkylation sites (tertiary alicyclic amines) is 1. The minimum Gasteiger partial charge on any atom is -0.354 e. The van der Waals surface area contributed by atoms with Crippen molar-refractivity contribution in [3.8, 4) is 0 Å². The molecule has 2 amide bonds. The van der Waals surface area contributed by atoms with Gasteiger partial charge in [-0.25, -0.2) is 0 Å². The number of rotatable bonds is 2. The molecule has 2 heterocycles. The van der Waals surface area contributed by atoms with Crippen LogP contribution >= 0.6 is 0 Å². The van der Waals surface area contributed by atoms with Gasteiger partial charge in [0.05, 0.1) is 6.54 Å². The molecule has 0 aromatic carbocycles. The van der Waals surface area contributed by atoms with E-state index in [2.05, 4.69) is 10.2 Å². The van der Waals surface area contributed by atoms with Crippen molar-refractivity contribution in [2.75, 3.05) is 32.7 Å². The molecule has 1 N–H and O–H groups in total. The van der Waals surface area contributed by atoms with Crippen LogP contribution in [0, 0.1) is 0 Å². The van der Waals surface area contributed by atoms with Crippen molar-refractivity contribution in [2.45, 2.75) is 45.1 Å². The topological polar surface area (TPSA) is 52.7 Å². The van der Waals surface area contributed by atoms with Gasteiger partial charge in [-0.3, -0.25) is 14.5 Å². The zero-order valence-corrected chi connectivity index (χ0v) is 11.9. The molecule has 108 valence electrons. The second-order valence-electron chi connectivity index (χ2n) is 5.68. The summed E-state index contributed by atoms with van der Waals surface area (Å²) in [6.07, 6.45) is 5.38. The van der Waals surface area contributed by atoms with Gasteiger partial charge in [-0.15, -0.1) is 0 Å². The predicted molar refractivity (Wildman–Crippen MR) is 73.7 cm³/mol. The number of carbonyl (C=O) groups excluding carboxylic acids is 2. The molecule has 0 spiro atoms. The first-order valence-corrected chi connectivity index (χ1v) is 7.45. The molecule has 19 heavy (non-hydrogen) atoms. The maximum atomic E-state index is 12.4. The maximum absolute atomic E-state index is 12.4. The summed E-state index contributed by atoms with van der Waals surface area (Å²) in [5, 5.41) is 2.85. The van der Waals surface area contributed by atoms with E-state index in [1.54, 1.807) is 0 Å². The van der Waals surface area contributed by atoms with Crippen molar-refractivity contribution < 1.29 is 9.59 Å². The van der Waals surface area contributed by atoms with Crippen molar-refractivity contribution in [1.29, 1.82) is 0 Å². The van der Waals surface area contributed by atoms with Crippen LogP contribution in [0.1, 0.15) is 39.0 Å². The van der Waals surface area contributed by atoms with Crippen molar-refractivity contribution >= 4 is 11.8 Å². The molecular formula is C14H25N3O2. The van der Waals surface area contributed by atoms with Gasteiger partial charge < -0.3 is 10.2 Å². The maximum Gasteiger partial charge on any atom is 0.237 e. The lowest BCUT2D eigenvalue weighted by atomic mass is 10.2. The van der Waals surface area contributed by atoms with Crippen LogP contribution in [0.15, 0.2) is 0 Å². The normalized spacial score (nSPS) is 26.5. The van der Waals surface area contributed by atoms with Gasteiger partial charge in [-0.1, -0.05) is 12.8 Å². The van der Waals surface area contributed by atoms with Crippen molar-refractivity contribution in [1.82, 2.24) is 15.1 Å². The summed E-state index contributed by atoms with van der Waals surface area (Å²) in [7, 11) is 0. The highest BCUT2D eigenvalue weighted by Crippen LogP contribution is 2.11. The minimum absolute atomic E-state index is 0.0527. The van der Waals surface area contributed by atoms with Crippen molar-refractivity contribution in [3.63, 3.8) is 0 Å². The first kappa shape index (κ1) is 14.3. The van der Waals surface area contributed by atoms with E-state index < -0.39 is 0 Å². The monoisotopic (exact) mass is 267 g/mol. The van der Waals surface area contributed by atoms with Gasteiger partial charge in [0, 0.05) is 25.6 Å². The molecule has 2 aliphatic rings. The molecule has 0 saturated carbocycles. The fraction of sp³-hybridized carbons (Fsp3) is 0.857. The summed E-state index contributed by atoms with van der Waals surface area (Å²) in [6, 6.07) is 0.103. The summed E-state index contributed by atoms with van der Waals surface area (Å²) in [5.74, 6) is 0.225. The van der Waals surface area contributed by atoms with E-state index in [4.69, 9.17) is 0 Å². The molecule has 2 aliphatic heterocycles. The lowest BCUT2D eigenvalue weighted by Crippen LogP contribution is -2.46. The van der Waals surface area contributed by atoms with Gasteiger partial charge in [-0.05, 0) is 32.9 Å². The van der Waals surface area contributed by atoms with Crippen LogP contribution in [-0.2, 0) is 9.59 Å². The van der Waals surface area contributed by atoms with E-state index >= 15 is 0 Å². The lowest BCUT2D eigenvalue weighted by molar-refractivity contribution is -0.134. The summed E-state index contributed by atoms with van der Waals surface area (Å²) in [4.78, 5) is 27.9. The standard InChI is InChI=1S/C14H25N3O2/c1-12-10-15-13(18)6-9-17(12)14(19)11-16-7-4-2-3-5-8-16/h12H,2-11H2,1H3,(H,15,18). The first-order chi connectivity index (χ1) is 9.16. The van der Waals surface area contributed by atoms with Gasteiger partial charge in [0.1, 0.15) is 0 Å². The molecule has 5 heteroatoms. The van der Waals surface area contributed by atoms with Crippen LogP contribution in [0.25, 0.3) is 0 Å². The molecule has 0 radical (unpaired) electrons. The smallest absolute Gasteiger partial charge is 0.237 e. The molecule has 1 unspecified atom stereocenters. The Morgan fingerprint density at radius 1 is 1.21 bits per heavy atom. The summed E-state index contributed by atoms with van der Waals surface area (Å²) in [5.41, 5.74) is 0. The number of hydrogen-bond acceptors (Lipinski definition) is 3. The third-order valence-corrected chi connectivity index (χ3v) is 4.08. The van der Waals surface area contributed by atoms with Crippen molar-refractivity contribution in [2.24, 2.45) is 0 Å². The Kier molecular flexibility index (Phi) is 5.19. The van der Waals surface area contributed by atoms with Gasteiger partial charge >= 0.3 is 0 Å². The number of nitrogens with one attached hydrogen (secondary N) is 1. The van der Waals surface area contributed by atoms with Gasteiger partial charge in [0.2, 0.25) is 11.8 Å². The second-order valence-corrected chi connectivity index (χ2v) is 5.68. The van der Waals surface area contributed by atoms with Crippen LogP contribution in [-0.4, -0.2) is 60.4 Å². The van der Waals surface area contributed by atoms with Gasteiger partial charge in [0.15, 0.2) is 0 Å². The molecule has 2 saturated heterocycles. The highest BCUT2D eigenvalue weighted by molar-refractivity contribution is 5.81. The van der Waals surface area contributed by atoms with Crippen molar-refractivity contribution in [3.05, 3.63) is 0 Å². The molecule has 0 bridgehead atoms. The van der Waals surface area contributed by atoms with Crippen LogP contribution < -0.4 is 5.32 Å². The summed E-state index contributed by atoms with van der Waals surface area (Å²) >= 11 is 0. The third-order valence-electron chi connectivity index (χ3n) is 4.08. The van der Waals surface area contributed by atoms with E-state index in [9.17, 15) is 9.59 Å². The molecule has 0 aromatic heterocycles. The highest BCUT2D eigenvalue weighted by Gasteiger charge is 2.25. The molecule has 5 nitrogen and oxygen atoms in total. The Balaban J connectivity index is 1.88. The Morgan fingerprint density at radius 3 is 2.58 bits per heavy atom. The van der Waals surface area contributed by atoms with E-state index in [-0.39, 0.29) is 17.9 Å². The molecular weight excluding hydrogens is 242 g/mol. The highest BCUT2D eigenvalue weighted by atomic mass is 16.2. The molecule has 2 rings (SSSR count). The molecule has 1 atom stereocenters. The predicted octanol–water partition coefficient (Wildman–Crippen LogP) is 0.599. The fourth-order valence-corrected chi connectivity index (χ4v) is 2.85. The zero-order chi connectivity index (χ0) is 13.7. The largest absolute Gasteiger partial charge is 0.354 e. The number of carbonyl (C=O) groups is 2. The molecule has 2 fully saturated rings. The van der Waals surface area contributed by atoms with Crippen LogP contribution in [0.4, 0.5) is 0 Å². The minimum atomic E-state index is 0.0527. The average Bonchev–Trinajstić information content (AvgIpc) is 2.72. The van der Waals surface area contributed by atoms with Crippen LogP contribution in [0.5, 0.6) is 0 Å². The third kappa shape index (κ3) is 4.20. The van der Waals surface area contributed by atoms with E-state index in [0.717, 1.165) is 13.1 Å². The Hall–Kier alpha value is -1.10. The average molecular weight is 267 g/mol. The Labute approximate surface area is 115 Å². The van der Waals surface area contributed by atoms with E-state index in [0.29, 0.717) is 26.1 Å². The number of amides is 2. The molecule has 0 aliphatic carbocycles. The van der Waals surface area contributed by atoms with Gasteiger partial charge in [0.25, 0.3) is 0 Å². The first-order valence-electron chi connectivity index (χ1n) is 7.45. The van der Waals surface area contributed by atoms with Crippen LogP contribution in [0.3, 0.4) is 0 Å². The van der Waals surface area contributed by atoms with E-state index in [1.807, 2.05) is 11.8 Å². The second kappa shape index (κ2) is 6.89. The Morgan fingerprint density at radius 2 is 1.89 bits per heavy atom. The zero-order valence-electron chi connectivity index (χ0n) is 11.9. The SMILES string of the molecule is CC1CNC(=O)CCN1C(=O)CN1CCCCCC1. The number of nitrogens with zero attached hydrogens (tertiary/aromatic N) is 2. The Bertz CT molecular complexity index is 325. The van der Waals surface area contributed by atoms with E-state index in [1.165, 1.54) is 25.7 Å². The summed E-state index contributed by atoms with van der Waals surface area (Å²) < 4.78 is 0. The fourth-order valence-electron chi connectivity index (χ4n) is 2.85.